The van der Waals surface area contributed by atoms with Crippen molar-refractivity contribution in [3.8, 4) is 5.75 Å². The first-order chi connectivity index (χ1) is 16.4. The Kier molecular flexibility index (Phi) is 7.20. The van der Waals surface area contributed by atoms with Gasteiger partial charge >= 0.3 is 6.36 Å². The van der Waals surface area contributed by atoms with Crippen LogP contribution < -0.4 is 15.4 Å². The summed E-state index contributed by atoms with van der Waals surface area (Å²) in [4.78, 5) is 24.9. The number of amides is 2. The van der Waals surface area contributed by atoms with Gasteiger partial charge in [-0.2, -0.15) is 0 Å². The number of aliphatic hydroxyl groups is 1. The monoisotopic (exact) mass is 524 g/mol. The summed E-state index contributed by atoms with van der Waals surface area (Å²) >= 11 is 5.62. The van der Waals surface area contributed by atoms with E-state index >= 15 is 0 Å². The normalized spacial score (nSPS) is 31.7. The Morgan fingerprint density at radius 2 is 1.83 bits per heavy atom. The second-order valence-corrected chi connectivity index (χ2v) is 9.79. The van der Waals surface area contributed by atoms with Crippen molar-refractivity contribution in [2.24, 2.45) is 0 Å². The fourth-order valence-electron chi connectivity index (χ4n) is 5.11. The van der Waals surface area contributed by atoms with Crippen molar-refractivity contribution >= 4 is 23.4 Å². The van der Waals surface area contributed by atoms with Crippen molar-refractivity contribution < 1.29 is 46.5 Å². The van der Waals surface area contributed by atoms with Crippen molar-refractivity contribution in [2.75, 3.05) is 13.2 Å². The predicted molar refractivity (Wildman–Crippen MR) is 113 cm³/mol. The van der Waals surface area contributed by atoms with Gasteiger partial charge in [-0.1, -0.05) is 11.6 Å². The smallest absolute Gasteiger partial charge is 0.484 e. The van der Waals surface area contributed by atoms with Gasteiger partial charge in [-0.15, -0.1) is 13.2 Å². The minimum absolute atomic E-state index is 0.0521. The van der Waals surface area contributed by atoms with Crippen molar-refractivity contribution in [3.05, 3.63) is 29.0 Å². The van der Waals surface area contributed by atoms with Gasteiger partial charge in [0.15, 0.2) is 6.61 Å². The van der Waals surface area contributed by atoms with Gasteiger partial charge in [0.2, 0.25) is 5.91 Å². The molecule has 3 saturated carbocycles. The van der Waals surface area contributed by atoms with Crippen molar-refractivity contribution in [2.45, 2.75) is 74.3 Å². The molecule has 0 saturated heterocycles. The fraction of sp³-hybridized carbons (Fsp3) is 0.636. The van der Waals surface area contributed by atoms with E-state index in [0.717, 1.165) is 6.07 Å². The maximum Gasteiger partial charge on any atom is 0.522 e. The summed E-state index contributed by atoms with van der Waals surface area (Å²) in [6.07, 6.45) is -5.47. The maximum absolute atomic E-state index is 13.5. The average molecular weight is 525 g/mol. The number of ether oxygens (including phenoxy) is 3. The number of benzene rings is 1. The van der Waals surface area contributed by atoms with Crippen LogP contribution in [0.25, 0.3) is 0 Å². The molecule has 0 aromatic heterocycles. The van der Waals surface area contributed by atoms with E-state index in [9.17, 15) is 32.3 Å². The quantitative estimate of drug-likeness (QED) is 0.429. The molecule has 3 aliphatic rings. The Bertz CT molecular complexity index is 976. The molecular weight excluding hydrogens is 500 g/mol. The number of aliphatic hydroxyl groups excluding tert-OH is 1. The highest BCUT2D eigenvalue weighted by molar-refractivity contribution is 6.30. The van der Waals surface area contributed by atoms with E-state index in [-0.39, 0.29) is 36.6 Å². The van der Waals surface area contributed by atoms with Gasteiger partial charge in [-0.3, -0.25) is 14.3 Å². The minimum Gasteiger partial charge on any atom is -0.484 e. The zero-order valence-electron chi connectivity index (χ0n) is 18.5. The SMILES string of the molecule is O=C(COC1CC(OC(F)(F)F)C1)NC12CCC(NC(=O)COc3ccc(Cl)c(F)c3)(C1)[C@@H](O)C2. The van der Waals surface area contributed by atoms with Crippen LogP contribution in [0.15, 0.2) is 18.2 Å². The summed E-state index contributed by atoms with van der Waals surface area (Å²) in [5.74, 6) is -1.51. The number of carbonyl (C=O) groups is 2. The van der Waals surface area contributed by atoms with E-state index < -0.39 is 60.0 Å². The molecule has 3 atom stereocenters. The van der Waals surface area contributed by atoms with Gasteiger partial charge in [-0.05, 0) is 37.8 Å². The molecule has 1 aromatic carbocycles. The second-order valence-electron chi connectivity index (χ2n) is 9.38. The molecule has 0 aliphatic heterocycles. The summed E-state index contributed by atoms with van der Waals surface area (Å²) in [6.45, 7) is -0.727. The molecule has 2 unspecified atom stereocenters. The Hall–Kier alpha value is -2.15. The maximum atomic E-state index is 13.5. The molecule has 2 amide bonds. The number of halogens is 5. The van der Waals surface area contributed by atoms with Gasteiger partial charge in [0, 0.05) is 24.4 Å². The Labute approximate surface area is 203 Å². The Balaban J connectivity index is 1.22. The zero-order valence-corrected chi connectivity index (χ0v) is 19.3. The summed E-state index contributed by atoms with van der Waals surface area (Å²) in [7, 11) is 0. The third-order valence-electron chi connectivity index (χ3n) is 6.78. The molecule has 3 aliphatic carbocycles. The van der Waals surface area contributed by atoms with Crippen LogP contribution >= 0.6 is 11.6 Å². The molecule has 2 bridgehead atoms. The van der Waals surface area contributed by atoms with Crippen LogP contribution in [0.2, 0.25) is 5.02 Å². The number of carbonyl (C=O) groups excluding carboxylic acids is 2. The van der Waals surface area contributed by atoms with Crippen molar-refractivity contribution in [3.63, 3.8) is 0 Å². The predicted octanol–water partition coefficient (Wildman–Crippen LogP) is 2.60. The van der Waals surface area contributed by atoms with Crippen molar-refractivity contribution in [1.29, 1.82) is 0 Å². The lowest BCUT2D eigenvalue weighted by Gasteiger charge is -2.35. The molecule has 4 rings (SSSR count). The highest BCUT2D eigenvalue weighted by atomic mass is 35.5. The third kappa shape index (κ3) is 6.16. The van der Waals surface area contributed by atoms with Crippen LogP contribution in [0.4, 0.5) is 17.6 Å². The lowest BCUT2D eigenvalue weighted by molar-refractivity contribution is -0.357. The van der Waals surface area contributed by atoms with Crippen LogP contribution in [-0.2, 0) is 19.1 Å². The van der Waals surface area contributed by atoms with Gasteiger partial charge in [0.1, 0.15) is 18.2 Å². The molecular formula is C22H25ClF4N2O6. The van der Waals surface area contributed by atoms with E-state index in [0.29, 0.717) is 19.3 Å². The van der Waals surface area contributed by atoms with Crippen LogP contribution in [0.3, 0.4) is 0 Å². The minimum atomic E-state index is -4.69. The van der Waals surface area contributed by atoms with E-state index in [1.54, 1.807) is 0 Å². The van der Waals surface area contributed by atoms with E-state index in [2.05, 4.69) is 15.4 Å². The van der Waals surface area contributed by atoms with Crippen LogP contribution in [0.5, 0.6) is 5.75 Å². The highest BCUT2D eigenvalue weighted by Gasteiger charge is 2.61. The molecule has 13 heteroatoms. The number of hydrogen-bond donors (Lipinski definition) is 3. The first-order valence-electron chi connectivity index (χ1n) is 11.1. The molecule has 8 nitrogen and oxygen atoms in total. The Morgan fingerprint density at radius 3 is 2.49 bits per heavy atom. The molecule has 35 heavy (non-hydrogen) atoms. The first kappa shape index (κ1) is 25.9. The molecule has 3 N–H and O–H groups in total. The molecule has 0 spiro atoms. The van der Waals surface area contributed by atoms with Crippen molar-refractivity contribution in [1.82, 2.24) is 10.6 Å². The molecule has 0 heterocycles. The van der Waals surface area contributed by atoms with E-state index in [4.69, 9.17) is 21.1 Å². The number of hydrogen-bond acceptors (Lipinski definition) is 6. The van der Waals surface area contributed by atoms with Gasteiger partial charge in [-0.25, -0.2) is 4.39 Å². The van der Waals surface area contributed by atoms with E-state index in [1.165, 1.54) is 12.1 Å². The molecule has 1 aromatic rings. The fourth-order valence-corrected chi connectivity index (χ4v) is 5.23. The Morgan fingerprint density at radius 1 is 1.11 bits per heavy atom. The van der Waals surface area contributed by atoms with Gasteiger partial charge < -0.3 is 25.2 Å². The number of fused-ring (bicyclic) bond motifs is 2. The lowest BCUT2D eigenvalue weighted by Crippen LogP contribution is -2.54. The summed E-state index contributed by atoms with van der Waals surface area (Å²) in [5, 5.41) is 16.2. The van der Waals surface area contributed by atoms with Crippen LogP contribution in [-0.4, -0.2) is 65.9 Å². The molecule has 194 valence electrons. The van der Waals surface area contributed by atoms with Gasteiger partial charge in [0.25, 0.3) is 5.91 Å². The van der Waals surface area contributed by atoms with E-state index in [1.807, 2.05) is 0 Å². The molecule has 0 radical (unpaired) electrons. The summed E-state index contributed by atoms with van der Waals surface area (Å²) in [5.41, 5.74) is -1.66. The zero-order chi connectivity index (χ0) is 25.4. The summed E-state index contributed by atoms with van der Waals surface area (Å²) < 4.78 is 64.6. The standard InChI is InChI=1S/C22H25ClF4N2O6/c23-15-2-1-12(7-16(15)24)33-10-19(32)29-21-4-3-20(11-21,8-17(21)30)28-18(31)9-34-13-5-14(6-13)35-22(25,26)27/h1-2,7,13-14,17,30H,3-6,8-11H2,(H,28,31)(H,29,32)/t13?,14?,17-,20?,21?/m0/s1. The largest absolute Gasteiger partial charge is 0.522 e. The van der Waals surface area contributed by atoms with Crippen LogP contribution in [0, 0.1) is 5.82 Å². The molecule has 3 fully saturated rings. The van der Waals surface area contributed by atoms with Crippen LogP contribution in [0.1, 0.15) is 38.5 Å². The number of rotatable bonds is 9. The lowest BCUT2D eigenvalue weighted by atomic mass is 9.88. The average Bonchev–Trinajstić information content (AvgIpc) is 3.20. The highest BCUT2D eigenvalue weighted by Crippen LogP contribution is 2.50. The number of nitrogens with one attached hydrogen (secondary N) is 2. The summed E-state index contributed by atoms with van der Waals surface area (Å²) in [6, 6.07) is 3.79. The topological polar surface area (TPSA) is 106 Å². The number of alkyl halides is 3. The van der Waals surface area contributed by atoms with Gasteiger partial charge in [0.05, 0.1) is 28.9 Å². The third-order valence-corrected chi connectivity index (χ3v) is 7.09. The first-order valence-corrected chi connectivity index (χ1v) is 11.5. The second kappa shape index (κ2) is 9.72.